The monoisotopic (exact) mass is 279 g/mol. The fraction of sp³-hybridized carbons (Fsp3) is 0.182. The fourth-order valence-electron chi connectivity index (χ4n) is 1.73. The lowest BCUT2D eigenvalue weighted by atomic mass is 10.4. The molecule has 3 aromatic heterocycles. The number of halogens is 1. The van der Waals surface area contributed by atoms with E-state index in [0.717, 1.165) is 22.7 Å². The van der Waals surface area contributed by atoms with E-state index in [1.165, 1.54) is 11.5 Å². The van der Waals surface area contributed by atoms with Gasteiger partial charge < -0.3 is 5.32 Å². The minimum Gasteiger partial charge on any atom is -0.362 e. The third kappa shape index (κ3) is 2.04. The lowest BCUT2D eigenvalue weighted by Gasteiger charge is -2.06. The van der Waals surface area contributed by atoms with E-state index in [4.69, 9.17) is 11.6 Å². The molecule has 0 unspecified atom stereocenters. The summed E-state index contributed by atoms with van der Waals surface area (Å²) in [6, 6.07) is 5.92. The normalized spacial score (nSPS) is 11.0. The number of nitrogens with zero attached hydrogens (tertiary/aromatic N) is 4. The van der Waals surface area contributed by atoms with Crippen LogP contribution in [0.5, 0.6) is 0 Å². The first-order valence-electron chi connectivity index (χ1n) is 5.39. The van der Waals surface area contributed by atoms with Crippen molar-refractivity contribution in [2.24, 2.45) is 0 Å². The van der Waals surface area contributed by atoms with Crippen molar-refractivity contribution in [2.45, 2.75) is 13.5 Å². The number of hydrogen-bond donors (Lipinski definition) is 1. The molecule has 3 aromatic rings. The highest BCUT2D eigenvalue weighted by atomic mass is 35.5. The van der Waals surface area contributed by atoms with Crippen LogP contribution in [-0.4, -0.2) is 19.0 Å². The zero-order chi connectivity index (χ0) is 12.5. The second-order valence-electron chi connectivity index (χ2n) is 3.85. The van der Waals surface area contributed by atoms with Gasteiger partial charge in [0.05, 0.1) is 12.2 Å². The number of anilines is 1. The summed E-state index contributed by atoms with van der Waals surface area (Å²) in [6.07, 6.45) is 0. The van der Waals surface area contributed by atoms with E-state index in [2.05, 4.69) is 19.8 Å². The molecule has 0 atom stereocenters. The first-order valence-corrected chi connectivity index (χ1v) is 6.60. The summed E-state index contributed by atoms with van der Waals surface area (Å²) in [4.78, 5) is 4.21. The summed E-state index contributed by atoms with van der Waals surface area (Å²) in [5, 5.41) is 9.56. The molecule has 0 bridgehead atoms. The van der Waals surface area contributed by atoms with Gasteiger partial charge in [-0.05, 0) is 48.3 Å². The van der Waals surface area contributed by atoms with Gasteiger partial charge in [-0.25, -0.2) is 4.52 Å². The predicted octanol–water partition coefficient (Wildman–Crippen LogP) is 2.76. The summed E-state index contributed by atoms with van der Waals surface area (Å²) in [7, 11) is 0. The van der Waals surface area contributed by atoms with Crippen LogP contribution in [0.4, 0.5) is 5.82 Å². The Labute approximate surface area is 113 Å². The number of aromatic nitrogens is 4. The molecule has 0 saturated carbocycles. The van der Waals surface area contributed by atoms with Crippen LogP contribution < -0.4 is 5.32 Å². The molecule has 0 amide bonds. The van der Waals surface area contributed by atoms with E-state index in [-0.39, 0.29) is 5.28 Å². The average molecular weight is 280 g/mol. The first kappa shape index (κ1) is 11.4. The topological polar surface area (TPSA) is 55.1 Å². The van der Waals surface area contributed by atoms with Gasteiger partial charge in [0.15, 0.2) is 5.82 Å². The number of hydrogen-bond acceptors (Lipinski definition) is 5. The molecule has 0 radical (unpaired) electrons. The fourth-order valence-corrected chi connectivity index (χ4v) is 2.43. The van der Waals surface area contributed by atoms with E-state index < -0.39 is 0 Å². The van der Waals surface area contributed by atoms with Crippen molar-refractivity contribution in [3.63, 3.8) is 0 Å². The maximum atomic E-state index is 5.92. The molecule has 1 N–H and O–H groups in total. The molecule has 0 aromatic carbocycles. The van der Waals surface area contributed by atoms with E-state index >= 15 is 0 Å². The maximum absolute atomic E-state index is 5.92. The van der Waals surface area contributed by atoms with Gasteiger partial charge in [-0.15, -0.1) is 5.10 Å². The molecule has 0 aliphatic heterocycles. The molecule has 0 saturated heterocycles. The molecule has 5 nitrogen and oxygen atoms in total. The highest BCUT2D eigenvalue weighted by Gasteiger charge is 2.08. The smallest absolute Gasteiger partial charge is 0.243 e. The molecule has 3 rings (SSSR count). The number of aryl methyl sites for hydroxylation is 1. The molecule has 92 valence electrons. The largest absolute Gasteiger partial charge is 0.362 e. The van der Waals surface area contributed by atoms with Crippen LogP contribution in [0.15, 0.2) is 23.6 Å². The summed E-state index contributed by atoms with van der Waals surface area (Å²) in [5.74, 6) is 0.719. The lowest BCUT2D eigenvalue weighted by molar-refractivity contribution is 0.870. The highest BCUT2D eigenvalue weighted by Crippen LogP contribution is 2.19. The van der Waals surface area contributed by atoms with Crippen molar-refractivity contribution >= 4 is 34.5 Å². The van der Waals surface area contributed by atoms with Crippen LogP contribution in [0.25, 0.3) is 5.52 Å². The molecule has 18 heavy (non-hydrogen) atoms. The van der Waals surface area contributed by atoms with Gasteiger partial charge in [-0.3, -0.25) is 0 Å². The molecule has 0 fully saturated rings. The minimum absolute atomic E-state index is 0.225. The van der Waals surface area contributed by atoms with Crippen molar-refractivity contribution in [1.29, 1.82) is 0 Å². The zero-order valence-electron chi connectivity index (χ0n) is 9.59. The Morgan fingerprint density at radius 3 is 3.06 bits per heavy atom. The van der Waals surface area contributed by atoms with Gasteiger partial charge in [-0.1, -0.05) is 0 Å². The Morgan fingerprint density at radius 2 is 2.28 bits per heavy atom. The molecule has 0 spiro atoms. The Hall–Kier alpha value is -1.66. The second kappa shape index (κ2) is 4.55. The third-order valence-electron chi connectivity index (χ3n) is 2.60. The Balaban J connectivity index is 1.95. The number of fused-ring (bicyclic) bond motifs is 1. The predicted molar refractivity (Wildman–Crippen MR) is 72.2 cm³/mol. The van der Waals surface area contributed by atoms with E-state index in [1.807, 2.05) is 30.5 Å². The van der Waals surface area contributed by atoms with E-state index in [1.54, 1.807) is 4.52 Å². The first-order chi connectivity index (χ1) is 8.74. The van der Waals surface area contributed by atoms with E-state index in [0.29, 0.717) is 6.54 Å². The zero-order valence-corrected chi connectivity index (χ0v) is 11.2. The molecule has 3 heterocycles. The minimum atomic E-state index is 0.225. The van der Waals surface area contributed by atoms with Gasteiger partial charge in [-0.2, -0.15) is 9.36 Å². The van der Waals surface area contributed by atoms with Crippen LogP contribution in [0.2, 0.25) is 5.28 Å². The molecule has 7 heteroatoms. The SMILES string of the molecule is Cc1ccc2c(NCc3ccsn3)nc(Cl)nn12. The molecule has 0 aliphatic rings. The van der Waals surface area contributed by atoms with Crippen molar-refractivity contribution in [1.82, 2.24) is 19.0 Å². The average Bonchev–Trinajstić information content (AvgIpc) is 2.97. The van der Waals surface area contributed by atoms with Crippen molar-refractivity contribution in [2.75, 3.05) is 5.32 Å². The van der Waals surface area contributed by atoms with Crippen LogP contribution in [-0.2, 0) is 6.54 Å². The van der Waals surface area contributed by atoms with Gasteiger partial charge in [0, 0.05) is 11.1 Å². The van der Waals surface area contributed by atoms with Crippen LogP contribution in [0.1, 0.15) is 11.4 Å². The summed E-state index contributed by atoms with van der Waals surface area (Å²) < 4.78 is 6.01. The van der Waals surface area contributed by atoms with Gasteiger partial charge in [0.2, 0.25) is 5.28 Å². The molecule has 0 aliphatic carbocycles. The van der Waals surface area contributed by atoms with Crippen molar-refractivity contribution in [3.8, 4) is 0 Å². The van der Waals surface area contributed by atoms with Gasteiger partial charge >= 0.3 is 0 Å². The van der Waals surface area contributed by atoms with Crippen molar-refractivity contribution < 1.29 is 0 Å². The van der Waals surface area contributed by atoms with Crippen LogP contribution in [0.3, 0.4) is 0 Å². The summed E-state index contributed by atoms with van der Waals surface area (Å²) in [6.45, 7) is 2.59. The van der Waals surface area contributed by atoms with E-state index in [9.17, 15) is 0 Å². The third-order valence-corrected chi connectivity index (χ3v) is 3.36. The Kier molecular flexibility index (Phi) is 2.89. The Morgan fingerprint density at radius 1 is 1.39 bits per heavy atom. The van der Waals surface area contributed by atoms with Crippen LogP contribution >= 0.6 is 23.1 Å². The van der Waals surface area contributed by atoms with Crippen molar-refractivity contribution in [3.05, 3.63) is 40.3 Å². The standard InChI is InChI=1S/C11H10ClN5S/c1-7-2-3-9-10(14-11(12)15-17(7)9)13-6-8-4-5-18-16-8/h2-5H,6H2,1H3,(H,13,14,15). The lowest BCUT2D eigenvalue weighted by Crippen LogP contribution is -2.06. The molecular formula is C11H10ClN5S. The molecular weight excluding hydrogens is 270 g/mol. The second-order valence-corrected chi connectivity index (χ2v) is 4.85. The van der Waals surface area contributed by atoms with Gasteiger partial charge in [0.25, 0.3) is 0 Å². The quantitative estimate of drug-likeness (QED) is 0.801. The van der Waals surface area contributed by atoms with Gasteiger partial charge in [0.1, 0.15) is 5.52 Å². The maximum Gasteiger partial charge on any atom is 0.243 e. The summed E-state index contributed by atoms with van der Waals surface area (Å²) >= 11 is 7.35. The highest BCUT2D eigenvalue weighted by molar-refractivity contribution is 7.03. The number of rotatable bonds is 3. The Bertz CT molecular complexity index is 676. The number of nitrogens with one attached hydrogen (secondary N) is 1. The van der Waals surface area contributed by atoms with Crippen LogP contribution in [0, 0.1) is 6.92 Å². The summed E-state index contributed by atoms with van der Waals surface area (Å²) in [5.41, 5.74) is 2.91.